The van der Waals surface area contributed by atoms with Gasteiger partial charge in [0.15, 0.2) is 5.16 Å². The molecule has 0 spiro atoms. The minimum Gasteiger partial charge on any atom is -0.333 e. The first-order chi connectivity index (χ1) is 9.88. The first-order valence-corrected chi connectivity index (χ1v) is 7.16. The smallest absolute Gasteiger partial charge is 0.166 e. The highest BCUT2D eigenvalue weighted by Gasteiger charge is 2.05. The van der Waals surface area contributed by atoms with Gasteiger partial charge in [0, 0.05) is 5.75 Å². The largest absolute Gasteiger partial charge is 0.333 e. The van der Waals surface area contributed by atoms with Crippen molar-refractivity contribution in [3.8, 4) is 0 Å². The molecule has 4 rings (SSSR count). The maximum Gasteiger partial charge on any atom is 0.166 e. The molecule has 1 N–H and O–H groups in total. The number of benzene rings is 2. The highest BCUT2D eigenvalue weighted by molar-refractivity contribution is 7.98. The standard InChI is InChI=1S/C14H10N4OS/c1-2-4-11-10(3-1)15-14(16-11)20-8-9-5-6-12-13(7-9)18-19-17-12/h1-7H,8H2,(H,15,16). The Morgan fingerprint density at radius 1 is 1.00 bits per heavy atom. The van der Waals surface area contributed by atoms with Crippen molar-refractivity contribution in [1.82, 2.24) is 20.3 Å². The molecule has 0 radical (unpaired) electrons. The van der Waals surface area contributed by atoms with Gasteiger partial charge in [-0.15, -0.1) is 0 Å². The minimum atomic E-state index is 0.780. The normalized spacial score (nSPS) is 11.4. The van der Waals surface area contributed by atoms with Crippen molar-refractivity contribution in [3.63, 3.8) is 0 Å². The molecule has 5 nitrogen and oxygen atoms in total. The molecule has 98 valence electrons. The van der Waals surface area contributed by atoms with Gasteiger partial charge in [-0.05, 0) is 40.1 Å². The topological polar surface area (TPSA) is 67.6 Å². The second kappa shape index (κ2) is 4.64. The van der Waals surface area contributed by atoms with Gasteiger partial charge in [0.2, 0.25) is 0 Å². The van der Waals surface area contributed by atoms with Crippen LogP contribution in [0.1, 0.15) is 5.56 Å². The average Bonchev–Trinajstić information content (AvgIpc) is 3.10. The summed E-state index contributed by atoms with van der Waals surface area (Å²) in [5.41, 5.74) is 4.78. The number of thioether (sulfide) groups is 1. The summed E-state index contributed by atoms with van der Waals surface area (Å²) in [5, 5.41) is 8.57. The maximum atomic E-state index is 4.70. The molecule has 0 atom stereocenters. The lowest BCUT2D eigenvalue weighted by atomic mass is 10.2. The molecule has 0 unspecified atom stereocenters. The Kier molecular flexibility index (Phi) is 2.67. The van der Waals surface area contributed by atoms with E-state index in [4.69, 9.17) is 4.63 Å². The van der Waals surface area contributed by atoms with E-state index in [2.05, 4.69) is 20.3 Å². The van der Waals surface area contributed by atoms with Crippen LogP contribution in [0.5, 0.6) is 0 Å². The second-order valence-electron chi connectivity index (χ2n) is 4.44. The van der Waals surface area contributed by atoms with Gasteiger partial charge in [0.25, 0.3) is 0 Å². The number of hydrogen-bond donors (Lipinski definition) is 1. The molecule has 20 heavy (non-hydrogen) atoms. The predicted molar refractivity (Wildman–Crippen MR) is 77.5 cm³/mol. The fourth-order valence-electron chi connectivity index (χ4n) is 2.07. The maximum absolute atomic E-state index is 4.70. The van der Waals surface area contributed by atoms with E-state index in [0.29, 0.717) is 0 Å². The van der Waals surface area contributed by atoms with Crippen LogP contribution in [0.3, 0.4) is 0 Å². The van der Waals surface area contributed by atoms with Gasteiger partial charge in [-0.2, -0.15) is 0 Å². The van der Waals surface area contributed by atoms with E-state index in [1.54, 1.807) is 11.8 Å². The van der Waals surface area contributed by atoms with Crippen molar-refractivity contribution in [2.45, 2.75) is 10.9 Å². The quantitative estimate of drug-likeness (QED) is 0.583. The number of imidazole rings is 1. The molecular weight excluding hydrogens is 272 g/mol. The molecule has 2 aromatic carbocycles. The van der Waals surface area contributed by atoms with Crippen LogP contribution < -0.4 is 0 Å². The van der Waals surface area contributed by atoms with Crippen LogP contribution in [-0.2, 0) is 5.75 Å². The molecule has 0 saturated carbocycles. The molecule has 2 heterocycles. The Labute approximate surface area is 118 Å². The molecule has 0 aliphatic heterocycles. The number of rotatable bonds is 3. The van der Waals surface area contributed by atoms with Crippen molar-refractivity contribution >= 4 is 33.8 Å². The molecule has 0 aliphatic carbocycles. The van der Waals surface area contributed by atoms with Crippen molar-refractivity contribution in [3.05, 3.63) is 48.0 Å². The lowest BCUT2D eigenvalue weighted by molar-refractivity contribution is 0.315. The summed E-state index contributed by atoms with van der Waals surface area (Å²) in [6.45, 7) is 0. The van der Waals surface area contributed by atoms with E-state index < -0.39 is 0 Å². The Hall–Kier alpha value is -2.34. The van der Waals surface area contributed by atoms with Crippen molar-refractivity contribution in [2.75, 3.05) is 0 Å². The van der Waals surface area contributed by atoms with E-state index in [1.165, 1.54) is 5.56 Å². The summed E-state index contributed by atoms with van der Waals surface area (Å²) in [4.78, 5) is 7.84. The zero-order valence-corrected chi connectivity index (χ0v) is 11.2. The van der Waals surface area contributed by atoms with Gasteiger partial charge in [-0.25, -0.2) is 9.61 Å². The number of H-pyrrole nitrogens is 1. The summed E-state index contributed by atoms with van der Waals surface area (Å²) in [6, 6.07) is 14.0. The molecule has 6 heteroatoms. The fourth-order valence-corrected chi connectivity index (χ4v) is 2.89. The monoisotopic (exact) mass is 282 g/mol. The molecular formula is C14H10N4OS. The highest BCUT2D eigenvalue weighted by Crippen LogP contribution is 2.24. The third kappa shape index (κ3) is 2.04. The molecule has 0 amide bonds. The van der Waals surface area contributed by atoms with Gasteiger partial charge < -0.3 is 4.98 Å². The number of nitrogens with one attached hydrogen (secondary N) is 1. The number of para-hydroxylation sites is 2. The number of nitrogens with zero attached hydrogens (tertiary/aromatic N) is 3. The van der Waals surface area contributed by atoms with Crippen LogP contribution in [0.15, 0.2) is 52.3 Å². The average molecular weight is 282 g/mol. The first kappa shape index (κ1) is 11.5. The molecule has 0 bridgehead atoms. The lowest BCUT2D eigenvalue weighted by Gasteiger charge is -1.98. The molecule has 0 saturated heterocycles. The Balaban J connectivity index is 1.56. The van der Waals surface area contributed by atoms with Crippen molar-refractivity contribution in [1.29, 1.82) is 0 Å². The lowest BCUT2D eigenvalue weighted by Crippen LogP contribution is -1.82. The third-order valence-corrected chi connectivity index (χ3v) is 4.01. The zero-order valence-electron chi connectivity index (χ0n) is 10.4. The molecule has 0 aliphatic rings. The number of hydrogen-bond acceptors (Lipinski definition) is 5. The van der Waals surface area contributed by atoms with E-state index in [9.17, 15) is 0 Å². The second-order valence-corrected chi connectivity index (χ2v) is 5.40. The SMILES string of the molecule is c1ccc2[nH]c(SCc3ccc4nonc4c3)nc2c1. The fraction of sp³-hybridized carbons (Fsp3) is 0.0714. The number of aromatic amines is 1. The van der Waals surface area contributed by atoms with E-state index in [1.807, 2.05) is 42.5 Å². The minimum absolute atomic E-state index is 0.780. The summed E-state index contributed by atoms with van der Waals surface area (Å²) in [6.07, 6.45) is 0. The van der Waals surface area contributed by atoms with Gasteiger partial charge in [-0.1, -0.05) is 30.0 Å². The van der Waals surface area contributed by atoms with E-state index in [0.717, 1.165) is 33.0 Å². The van der Waals surface area contributed by atoms with Gasteiger partial charge in [-0.3, -0.25) is 0 Å². The zero-order chi connectivity index (χ0) is 13.4. The summed E-state index contributed by atoms with van der Waals surface area (Å²) < 4.78 is 4.70. The van der Waals surface area contributed by atoms with Crippen LogP contribution in [0.25, 0.3) is 22.1 Å². The summed E-state index contributed by atoms with van der Waals surface area (Å²) >= 11 is 1.66. The van der Waals surface area contributed by atoms with Gasteiger partial charge in [0.1, 0.15) is 11.0 Å². The Morgan fingerprint density at radius 2 is 1.90 bits per heavy atom. The summed E-state index contributed by atoms with van der Waals surface area (Å²) in [7, 11) is 0. The third-order valence-electron chi connectivity index (χ3n) is 3.06. The van der Waals surface area contributed by atoms with Crippen LogP contribution in [0, 0.1) is 0 Å². The van der Waals surface area contributed by atoms with Crippen LogP contribution in [0.4, 0.5) is 0 Å². The highest BCUT2D eigenvalue weighted by atomic mass is 32.2. The van der Waals surface area contributed by atoms with Gasteiger partial charge in [0.05, 0.1) is 11.0 Å². The molecule has 0 fully saturated rings. The van der Waals surface area contributed by atoms with E-state index in [-0.39, 0.29) is 0 Å². The number of fused-ring (bicyclic) bond motifs is 2. The molecule has 4 aromatic rings. The molecule has 2 aromatic heterocycles. The van der Waals surface area contributed by atoms with E-state index >= 15 is 0 Å². The first-order valence-electron chi connectivity index (χ1n) is 6.17. The van der Waals surface area contributed by atoms with Crippen LogP contribution in [-0.4, -0.2) is 20.3 Å². The summed E-state index contributed by atoms with van der Waals surface area (Å²) in [5.74, 6) is 0.822. The Bertz CT molecular complexity index is 848. The Morgan fingerprint density at radius 3 is 2.85 bits per heavy atom. The van der Waals surface area contributed by atoms with Crippen molar-refractivity contribution < 1.29 is 4.63 Å². The van der Waals surface area contributed by atoms with Crippen LogP contribution >= 0.6 is 11.8 Å². The predicted octanol–water partition coefficient (Wildman–Crippen LogP) is 3.39. The van der Waals surface area contributed by atoms with Crippen molar-refractivity contribution in [2.24, 2.45) is 0 Å². The van der Waals surface area contributed by atoms with Crippen LogP contribution in [0.2, 0.25) is 0 Å². The van der Waals surface area contributed by atoms with Gasteiger partial charge >= 0.3 is 0 Å². The number of aromatic nitrogens is 4.